The van der Waals surface area contributed by atoms with Gasteiger partial charge >= 0.3 is 0 Å². The maximum atomic E-state index is 5.87. The number of rotatable bonds is 5. The summed E-state index contributed by atoms with van der Waals surface area (Å²) in [4.78, 5) is 8.93. The number of hydrogen-bond donors (Lipinski definition) is 3. The summed E-state index contributed by atoms with van der Waals surface area (Å²) >= 11 is 0. The van der Waals surface area contributed by atoms with E-state index in [1.807, 2.05) is 18.6 Å². The molecule has 0 radical (unpaired) electrons. The fourth-order valence-electron chi connectivity index (χ4n) is 3.68. The SMILES string of the molecule is NN/N=C(\N)c1ccnc(-c2cn(CC3CCc4ccccc4C3)cn2)c1. The number of amidine groups is 1. The molecule has 3 aromatic rings. The van der Waals surface area contributed by atoms with Crippen LogP contribution in [0.5, 0.6) is 0 Å². The fraction of sp³-hybridized carbons (Fsp3) is 0.250. The summed E-state index contributed by atoms with van der Waals surface area (Å²) in [7, 11) is 0. The van der Waals surface area contributed by atoms with Gasteiger partial charge in [-0.2, -0.15) is 0 Å². The van der Waals surface area contributed by atoms with Crippen molar-refractivity contribution in [3.05, 3.63) is 71.8 Å². The average Bonchev–Trinajstić information content (AvgIpc) is 3.17. The summed E-state index contributed by atoms with van der Waals surface area (Å²) in [5.74, 6) is 6.12. The first-order valence-corrected chi connectivity index (χ1v) is 9.07. The zero-order valence-electron chi connectivity index (χ0n) is 15.0. The first-order valence-electron chi connectivity index (χ1n) is 9.07. The van der Waals surface area contributed by atoms with Crippen LogP contribution < -0.4 is 17.1 Å². The van der Waals surface area contributed by atoms with Gasteiger partial charge in [-0.3, -0.25) is 4.98 Å². The quantitative estimate of drug-likeness (QED) is 0.278. The van der Waals surface area contributed by atoms with Gasteiger partial charge in [-0.25, -0.2) is 16.4 Å². The molecule has 1 aliphatic rings. The van der Waals surface area contributed by atoms with Crippen molar-refractivity contribution in [2.24, 2.45) is 22.6 Å². The molecule has 0 saturated heterocycles. The van der Waals surface area contributed by atoms with Crippen molar-refractivity contribution in [1.82, 2.24) is 20.1 Å². The van der Waals surface area contributed by atoms with Crippen molar-refractivity contribution in [3.8, 4) is 11.4 Å². The topological polar surface area (TPSA) is 107 Å². The van der Waals surface area contributed by atoms with Crippen molar-refractivity contribution in [2.45, 2.75) is 25.8 Å². The molecule has 7 heteroatoms. The number of hydrogen-bond acceptors (Lipinski definition) is 5. The van der Waals surface area contributed by atoms with Crippen LogP contribution in [0.15, 0.2) is 60.2 Å². The summed E-state index contributed by atoms with van der Waals surface area (Å²) in [5.41, 5.74) is 13.4. The third kappa shape index (κ3) is 3.83. The lowest BCUT2D eigenvalue weighted by Gasteiger charge is -2.24. The third-order valence-electron chi connectivity index (χ3n) is 5.05. The van der Waals surface area contributed by atoms with Gasteiger partial charge in [0.15, 0.2) is 5.84 Å². The van der Waals surface area contributed by atoms with Gasteiger partial charge in [0.2, 0.25) is 0 Å². The van der Waals surface area contributed by atoms with E-state index < -0.39 is 0 Å². The number of hydrazine groups is 1. The van der Waals surface area contributed by atoms with Crippen molar-refractivity contribution in [3.63, 3.8) is 0 Å². The van der Waals surface area contributed by atoms with E-state index in [1.54, 1.807) is 12.3 Å². The van der Waals surface area contributed by atoms with E-state index in [9.17, 15) is 0 Å². The highest BCUT2D eigenvalue weighted by Gasteiger charge is 2.19. The smallest absolute Gasteiger partial charge is 0.152 e. The molecule has 2 aromatic heterocycles. The van der Waals surface area contributed by atoms with E-state index in [4.69, 9.17) is 11.6 Å². The minimum absolute atomic E-state index is 0.307. The number of aromatic nitrogens is 3. The van der Waals surface area contributed by atoms with Gasteiger partial charge in [0.1, 0.15) is 5.69 Å². The minimum atomic E-state index is 0.307. The molecule has 0 aliphatic heterocycles. The van der Waals surface area contributed by atoms with Crippen LogP contribution in [0.1, 0.15) is 23.1 Å². The first-order chi connectivity index (χ1) is 13.2. The van der Waals surface area contributed by atoms with Gasteiger partial charge in [-0.05, 0) is 48.4 Å². The second-order valence-corrected chi connectivity index (χ2v) is 6.89. The highest BCUT2D eigenvalue weighted by atomic mass is 15.5. The number of pyridine rings is 1. The summed E-state index contributed by atoms with van der Waals surface area (Å²) in [5, 5.41) is 3.80. The molecule has 7 nitrogen and oxygen atoms in total. The van der Waals surface area contributed by atoms with Crippen LogP contribution in [0.25, 0.3) is 11.4 Å². The predicted octanol–water partition coefficient (Wildman–Crippen LogP) is 1.83. The van der Waals surface area contributed by atoms with Crippen molar-refractivity contribution >= 4 is 5.84 Å². The van der Waals surface area contributed by atoms with E-state index in [0.717, 1.165) is 36.3 Å². The molecule has 1 aliphatic carbocycles. The number of hydrazone groups is 1. The standard InChI is InChI=1S/C20H23N7/c21-20(25-26-22)17-7-8-23-18(10-17)19-12-27(13-24-19)11-14-5-6-15-3-1-2-4-16(15)9-14/h1-4,7-8,10,12-14,26H,5-6,9,11,22H2,(H2,21,25). The van der Waals surface area contributed by atoms with E-state index >= 15 is 0 Å². The van der Waals surface area contributed by atoms with Gasteiger partial charge in [0, 0.05) is 24.5 Å². The van der Waals surface area contributed by atoms with Crippen molar-refractivity contribution < 1.29 is 0 Å². The fourth-order valence-corrected chi connectivity index (χ4v) is 3.68. The van der Waals surface area contributed by atoms with Crippen molar-refractivity contribution in [2.75, 3.05) is 0 Å². The van der Waals surface area contributed by atoms with Crippen LogP contribution in [-0.4, -0.2) is 20.4 Å². The second kappa shape index (κ2) is 7.59. The molecule has 1 atom stereocenters. The lowest BCUT2D eigenvalue weighted by Crippen LogP contribution is -2.23. The molecule has 0 amide bonds. The molecule has 0 saturated carbocycles. The maximum absolute atomic E-state index is 5.87. The Morgan fingerprint density at radius 3 is 2.89 bits per heavy atom. The molecule has 0 spiro atoms. The van der Waals surface area contributed by atoms with Gasteiger partial charge in [0.25, 0.3) is 0 Å². The van der Waals surface area contributed by atoms with Gasteiger partial charge in [-0.15, -0.1) is 5.10 Å². The molecular formula is C20H23N7. The van der Waals surface area contributed by atoms with Crippen LogP contribution in [0.2, 0.25) is 0 Å². The lowest BCUT2D eigenvalue weighted by atomic mass is 9.84. The molecule has 27 heavy (non-hydrogen) atoms. The van der Waals surface area contributed by atoms with E-state index in [1.165, 1.54) is 17.5 Å². The Bertz CT molecular complexity index is 960. The summed E-state index contributed by atoms with van der Waals surface area (Å²) < 4.78 is 2.15. The third-order valence-corrected chi connectivity index (χ3v) is 5.05. The zero-order valence-corrected chi connectivity index (χ0v) is 15.0. The van der Waals surface area contributed by atoms with E-state index in [2.05, 4.69) is 49.4 Å². The number of aryl methyl sites for hydroxylation is 1. The monoisotopic (exact) mass is 361 g/mol. The Labute approximate surface area is 158 Å². The number of benzene rings is 1. The molecule has 2 heterocycles. The van der Waals surface area contributed by atoms with E-state index in [0.29, 0.717) is 11.8 Å². The Morgan fingerprint density at radius 1 is 1.19 bits per heavy atom. The molecular weight excluding hydrogens is 338 g/mol. The normalized spacial score (nSPS) is 16.8. The van der Waals surface area contributed by atoms with Gasteiger partial charge in [-0.1, -0.05) is 24.3 Å². The predicted molar refractivity (Wildman–Crippen MR) is 105 cm³/mol. The first kappa shape index (κ1) is 17.2. The second-order valence-electron chi connectivity index (χ2n) is 6.89. The highest BCUT2D eigenvalue weighted by Crippen LogP contribution is 2.27. The van der Waals surface area contributed by atoms with Crippen molar-refractivity contribution in [1.29, 1.82) is 0 Å². The van der Waals surface area contributed by atoms with Gasteiger partial charge < -0.3 is 10.3 Å². The highest BCUT2D eigenvalue weighted by molar-refractivity contribution is 5.97. The molecule has 138 valence electrons. The molecule has 1 unspecified atom stereocenters. The van der Waals surface area contributed by atoms with Crippen LogP contribution in [0, 0.1) is 5.92 Å². The number of fused-ring (bicyclic) bond motifs is 1. The molecule has 5 N–H and O–H groups in total. The average molecular weight is 361 g/mol. The van der Waals surface area contributed by atoms with Crippen LogP contribution in [0.4, 0.5) is 0 Å². The van der Waals surface area contributed by atoms with Crippen LogP contribution in [0.3, 0.4) is 0 Å². The van der Waals surface area contributed by atoms with Gasteiger partial charge in [0.05, 0.1) is 12.0 Å². The molecule has 0 bridgehead atoms. The summed E-state index contributed by atoms with van der Waals surface area (Å²) in [6.07, 6.45) is 9.10. The molecule has 1 aromatic carbocycles. The Balaban J connectivity index is 1.48. The Kier molecular flexibility index (Phi) is 4.84. The van der Waals surface area contributed by atoms with E-state index in [-0.39, 0.29) is 0 Å². The number of nitrogens with two attached hydrogens (primary N) is 2. The number of nitrogens with zero attached hydrogens (tertiary/aromatic N) is 4. The number of imidazole rings is 1. The Hall–Kier alpha value is -3.19. The number of nitrogens with one attached hydrogen (secondary N) is 1. The minimum Gasteiger partial charge on any atom is -0.382 e. The molecule has 0 fully saturated rings. The lowest BCUT2D eigenvalue weighted by molar-refractivity contribution is 0.395. The summed E-state index contributed by atoms with van der Waals surface area (Å²) in [6, 6.07) is 12.4. The summed E-state index contributed by atoms with van der Waals surface area (Å²) in [6.45, 7) is 0.960. The largest absolute Gasteiger partial charge is 0.382 e. The zero-order chi connectivity index (χ0) is 18.6. The Morgan fingerprint density at radius 2 is 2.04 bits per heavy atom. The van der Waals surface area contributed by atoms with Crippen LogP contribution >= 0.6 is 0 Å². The molecule has 4 rings (SSSR count). The van der Waals surface area contributed by atoms with Crippen LogP contribution in [-0.2, 0) is 19.4 Å². The maximum Gasteiger partial charge on any atom is 0.152 e.